The molecule has 0 saturated heterocycles. The summed E-state index contributed by atoms with van der Waals surface area (Å²) in [5.41, 5.74) is 0. The van der Waals surface area contributed by atoms with Crippen molar-refractivity contribution in [3.63, 3.8) is 0 Å². The van der Waals surface area contributed by atoms with Crippen LogP contribution in [0.3, 0.4) is 0 Å². The molecule has 0 aromatic carbocycles. The topological polar surface area (TPSA) is 78.9 Å². The Morgan fingerprint density at radius 1 is 0.266 bits per heavy atom. The fourth-order valence-corrected chi connectivity index (χ4v) is 10.0. The predicted molar refractivity (Wildman–Crippen MR) is 344 cm³/mol. The van der Waals surface area contributed by atoms with E-state index in [1.165, 1.54) is 212 Å². The Kier molecular flexibility index (Phi) is 64.7. The summed E-state index contributed by atoms with van der Waals surface area (Å²) in [6.07, 6.45) is 87.8. The summed E-state index contributed by atoms with van der Waals surface area (Å²) in [5.74, 6) is -0.881. The van der Waals surface area contributed by atoms with Crippen LogP contribution in [0.1, 0.15) is 355 Å². The molecule has 1 unspecified atom stereocenters. The molecule has 79 heavy (non-hydrogen) atoms. The van der Waals surface area contributed by atoms with E-state index in [4.69, 9.17) is 14.2 Å². The first-order valence-corrected chi connectivity index (χ1v) is 34.4. The number of allylic oxidation sites excluding steroid dienone is 12. The molecule has 6 heteroatoms. The minimum atomic E-state index is -0.785. The fourth-order valence-electron chi connectivity index (χ4n) is 10.0. The van der Waals surface area contributed by atoms with E-state index in [2.05, 4.69) is 93.7 Å². The second-order valence-electron chi connectivity index (χ2n) is 23.1. The van der Waals surface area contributed by atoms with Crippen LogP contribution in [-0.2, 0) is 28.6 Å². The van der Waals surface area contributed by atoms with Gasteiger partial charge in [0.2, 0.25) is 0 Å². The van der Waals surface area contributed by atoms with Crippen molar-refractivity contribution in [2.45, 2.75) is 361 Å². The Hall–Kier alpha value is -3.15. The number of esters is 3. The van der Waals surface area contributed by atoms with Gasteiger partial charge < -0.3 is 14.2 Å². The molecule has 0 radical (unpaired) electrons. The second-order valence-corrected chi connectivity index (χ2v) is 23.1. The van der Waals surface area contributed by atoms with Gasteiger partial charge in [0.05, 0.1) is 0 Å². The molecule has 0 rings (SSSR count). The van der Waals surface area contributed by atoms with Crippen LogP contribution in [0.5, 0.6) is 0 Å². The van der Waals surface area contributed by atoms with Crippen molar-refractivity contribution in [2.75, 3.05) is 13.2 Å². The largest absolute Gasteiger partial charge is 0.462 e. The van der Waals surface area contributed by atoms with Gasteiger partial charge in [-0.15, -0.1) is 0 Å². The van der Waals surface area contributed by atoms with E-state index in [0.29, 0.717) is 19.3 Å². The van der Waals surface area contributed by atoms with Crippen LogP contribution in [0, 0.1) is 0 Å². The van der Waals surface area contributed by atoms with Gasteiger partial charge in [0.15, 0.2) is 6.10 Å². The number of carbonyl (C=O) groups is 3. The summed E-state index contributed by atoms with van der Waals surface area (Å²) in [4.78, 5) is 38.4. The van der Waals surface area contributed by atoms with Crippen molar-refractivity contribution in [1.82, 2.24) is 0 Å². The van der Waals surface area contributed by atoms with Crippen LogP contribution in [-0.4, -0.2) is 37.2 Å². The fraction of sp³-hybridized carbons (Fsp3) is 0.795. The van der Waals surface area contributed by atoms with Gasteiger partial charge in [-0.05, 0) is 109 Å². The lowest BCUT2D eigenvalue weighted by Gasteiger charge is -2.18. The smallest absolute Gasteiger partial charge is 0.306 e. The number of ether oxygens (including phenoxy) is 3. The van der Waals surface area contributed by atoms with Crippen molar-refractivity contribution < 1.29 is 28.6 Å². The molecule has 6 nitrogen and oxygen atoms in total. The van der Waals surface area contributed by atoms with Crippen molar-refractivity contribution in [2.24, 2.45) is 0 Å². The van der Waals surface area contributed by atoms with Gasteiger partial charge in [0.25, 0.3) is 0 Å². The summed E-state index contributed by atoms with van der Waals surface area (Å²) in [7, 11) is 0. The van der Waals surface area contributed by atoms with E-state index >= 15 is 0 Å². The predicted octanol–water partition coefficient (Wildman–Crippen LogP) is 23.7. The highest BCUT2D eigenvalue weighted by atomic mass is 16.6. The molecule has 0 spiro atoms. The zero-order chi connectivity index (χ0) is 57.1. The highest BCUT2D eigenvalue weighted by Crippen LogP contribution is 2.17. The minimum absolute atomic E-state index is 0.0794. The number of hydrogen-bond acceptors (Lipinski definition) is 6. The molecule has 0 aromatic rings. The van der Waals surface area contributed by atoms with E-state index in [0.717, 1.165) is 103 Å². The van der Waals surface area contributed by atoms with Crippen LogP contribution in [0.25, 0.3) is 0 Å². The third kappa shape index (κ3) is 65.5. The van der Waals surface area contributed by atoms with Crippen LogP contribution in [0.2, 0.25) is 0 Å². The Morgan fingerprint density at radius 2 is 0.494 bits per heavy atom. The third-order valence-corrected chi connectivity index (χ3v) is 15.2. The van der Waals surface area contributed by atoms with Gasteiger partial charge in [-0.25, -0.2) is 0 Å². The molecule has 0 amide bonds. The normalized spacial score (nSPS) is 12.5. The molecule has 0 N–H and O–H groups in total. The van der Waals surface area contributed by atoms with Gasteiger partial charge in [-0.2, -0.15) is 0 Å². The van der Waals surface area contributed by atoms with Crippen LogP contribution in [0.4, 0.5) is 0 Å². The Balaban J connectivity index is 4.28. The van der Waals surface area contributed by atoms with Crippen molar-refractivity contribution in [3.8, 4) is 0 Å². The van der Waals surface area contributed by atoms with Gasteiger partial charge in [0, 0.05) is 19.3 Å². The SMILES string of the molecule is CC/C=C\C/C=C\C/C=C\CCCCCCCC(=O)OCC(COC(=O)CCCCCCCCCCCCCCCCC/C=C\C/C=C\CCCCCCC)OC(=O)CCCCCCCCCCC/C=C\CCCCCCCC. The maximum absolute atomic E-state index is 12.9. The average Bonchev–Trinajstić information content (AvgIpc) is 3.45. The van der Waals surface area contributed by atoms with E-state index in [1.54, 1.807) is 0 Å². The lowest BCUT2D eigenvalue weighted by molar-refractivity contribution is -0.167. The number of carbonyl (C=O) groups excluding carboxylic acids is 3. The summed E-state index contributed by atoms with van der Waals surface area (Å²) in [6, 6.07) is 0. The Labute approximate surface area is 491 Å². The number of rotatable bonds is 63. The van der Waals surface area contributed by atoms with Gasteiger partial charge in [-0.1, -0.05) is 299 Å². The zero-order valence-corrected chi connectivity index (χ0v) is 52.6. The first kappa shape index (κ1) is 75.8. The van der Waals surface area contributed by atoms with Crippen molar-refractivity contribution >= 4 is 17.9 Å². The van der Waals surface area contributed by atoms with E-state index in [1.807, 2.05) is 0 Å². The summed E-state index contributed by atoms with van der Waals surface area (Å²) < 4.78 is 17.0. The van der Waals surface area contributed by atoms with E-state index in [9.17, 15) is 14.4 Å². The van der Waals surface area contributed by atoms with E-state index in [-0.39, 0.29) is 31.1 Å². The monoisotopic (exact) mass is 1100 g/mol. The summed E-state index contributed by atoms with van der Waals surface area (Å²) in [5, 5.41) is 0. The maximum atomic E-state index is 12.9. The third-order valence-electron chi connectivity index (χ3n) is 15.2. The molecule has 0 heterocycles. The molecule has 0 fully saturated rings. The first-order valence-electron chi connectivity index (χ1n) is 34.4. The molecule has 0 aromatic heterocycles. The molecular weight excluding hydrogens is 973 g/mol. The lowest BCUT2D eigenvalue weighted by atomic mass is 10.0. The van der Waals surface area contributed by atoms with Crippen molar-refractivity contribution in [1.29, 1.82) is 0 Å². The molecule has 0 bridgehead atoms. The van der Waals surface area contributed by atoms with Crippen LogP contribution in [0.15, 0.2) is 72.9 Å². The lowest BCUT2D eigenvalue weighted by Crippen LogP contribution is -2.30. The van der Waals surface area contributed by atoms with E-state index < -0.39 is 6.10 Å². The maximum Gasteiger partial charge on any atom is 0.306 e. The highest BCUT2D eigenvalue weighted by Gasteiger charge is 2.19. The Bertz CT molecular complexity index is 1450. The molecule has 0 aliphatic carbocycles. The Morgan fingerprint density at radius 3 is 0.785 bits per heavy atom. The van der Waals surface area contributed by atoms with Crippen molar-refractivity contribution in [3.05, 3.63) is 72.9 Å². The van der Waals surface area contributed by atoms with Gasteiger partial charge in [0.1, 0.15) is 13.2 Å². The first-order chi connectivity index (χ1) is 39.0. The van der Waals surface area contributed by atoms with Crippen LogP contribution >= 0.6 is 0 Å². The molecular formula is C73H130O6. The minimum Gasteiger partial charge on any atom is -0.462 e. The summed E-state index contributed by atoms with van der Waals surface area (Å²) >= 11 is 0. The van der Waals surface area contributed by atoms with Gasteiger partial charge in [-0.3, -0.25) is 14.4 Å². The quantitative estimate of drug-likeness (QED) is 0.0261. The second kappa shape index (κ2) is 67.4. The number of unbranched alkanes of at least 4 members (excludes halogenated alkanes) is 40. The molecule has 0 aliphatic rings. The van der Waals surface area contributed by atoms with Crippen LogP contribution < -0.4 is 0 Å². The molecule has 458 valence electrons. The molecule has 0 saturated carbocycles. The summed E-state index contributed by atoms with van der Waals surface area (Å²) in [6.45, 7) is 6.55. The highest BCUT2D eigenvalue weighted by molar-refractivity contribution is 5.71. The number of hydrogen-bond donors (Lipinski definition) is 0. The standard InChI is InChI=1S/C73H130O6/c1-4-7-10-13-16-19-22-25-28-30-32-33-34-35-36-37-38-39-41-42-45-48-51-54-57-60-63-66-72(75)78-69-70(68-77-71(74)65-62-59-56-53-50-47-44-27-24-21-18-15-12-9-6-3)79-73(76)67-64-61-58-55-52-49-46-43-40-31-29-26-23-20-17-14-11-8-5-2/h9,12,18,21-22,25-27,29-30,32,44,70H,4-8,10-11,13-17,19-20,23-24,28,31,33-43,45-69H2,1-3H3/b12-9-,21-18-,25-22-,29-26-,32-30-,44-27-. The molecule has 1 atom stereocenters. The molecule has 0 aliphatic heterocycles. The van der Waals surface area contributed by atoms with Gasteiger partial charge >= 0.3 is 17.9 Å². The average molecular weight is 1100 g/mol. The zero-order valence-electron chi connectivity index (χ0n) is 52.6.